The SMILES string of the molecule is CC(C)(C)NCC(O)COc1ccc2c(c1-c1ncc(C(F)(F)F)[nH]1)CCCC2. The lowest BCUT2D eigenvalue weighted by Gasteiger charge is -2.24. The first kappa shape index (κ1) is 21.6. The van der Waals surface area contributed by atoms with Crippen LogP contribution in [0.25, 0.3) is 11.4 Å². The molecule has 1 aromatic heterocycles. The molecule has 1 aliphatic rings. The van der Waals surface area contributed by atoms with Gasteiger partial charge in [-0.05, 0) is 63.6 Å². The van der Waals surface area contributed by atoms with Crippen molar-refractivity contribution in [3.05, 3.63) is 35.2 Å². The number of H-pyrrole nitrogens is 1. The standard InChI is InChI=1S/C21H28F3N3O2/c1-20(2,3)26-10-14(28)12-29-16-9-8-13-6-4-5-7-15(13)18(16)19-25-11-17(27-19)21(22,23)24/h8-9,11,14,26,28H,4-7,10,12H2,1-3H3,(H,25,27). The van der Waals surface area contributed by atoms with Crippen LogP contribution < -0.4 is 10.1 Å². The summed E-state index contributed by atoms with van der Waals surface area (Å²) in [5.74, 6) is 0.580. The Labute approximate surface area is 168 Å². The van der Waals surface area contributed by atoms with Crippen LogP contribution in [0.5, 0.6) is 5.75 Å². The molecule has 5 nitrogen and oxygen atoms in total. The fraction of sp³-hybridized carbons (Fsp3) is 0.571. The van der Waals surface area contributed by atoms with Gasteiger partial charge in [-0.15, -0.1) is 0 Å². The number of alkyl halides is 3. The Bertz CT molecular complexity index is 841. The molecule has 0 radical (unpaired) electrons. The average molecular weight is 411 g/mol. The van der Waals surface area contributed by atoms with Gasteiger partial charge in [0.2, 0.25) is 0 Å². The first-order valence-corrected chi connectivity index (χ1v) is 9.88. The number of hydrogen-bond donors (Lipinski definition) is 3. The van der Waals surface area contributed by atoms with Crippen molar-refractivity contribution in [2.45, 2.75) is 64.3 Å². The van der Waals surface area contributed by atoms with Crippen molar-refractivity contribution in [3.8, 4) is 17.1 Å². The smallest absolute Gasteiger partial charge is 0.432 e. The van der Waals surface area contributed by atoms with Crippen LogP contribution in [-0.2, 0) is 19.0 Å². The van der Waals surface area contributed by atoms with E-state index in [0.717, 1.165) is 43.0 Å². The van der Waals surface area contributed by atoms with Crippen molar-refractivity contribution in [1.29, 1.82) is 0 Å². The minimum Gasteiger partial charge on any atom is -0.490 e. The van der Waals surface area contributed by atoms with Gasteiger partial charge in [-0.1, -0.05) is 6.07 Å². The Balaban J connectivity index is 1.87. The summed E-state index contributed by atoms with van der Waals surface area (Å²) in [6.45, 7) is 6.37. The number of fused-ring (bicyclic) bond motifs is 1. The fourth-order valence-corrected chi connectivity index (χ4v) is 3.45. The van der Waals surface area contributed by atoms with E-state index in [9.17, 15) is 18.3 Å². The molecule has 29 heavy (non-hydrogen) atoms. The Morgan fingerprint density at radius 1 is 1.21 bits per heavy atom. The summed E-state index contributed by atoms with van der Waals surface area (Å²) in [5, 5.41) is 13.4. The molecule has 8 heteroatoms. The van der Waals surface area contributed by atoms with Gasteiger partial charge in [0.05, 0.1) is 11.8 Å². The van der Waals surface area contributed by atoms with E-state index in [1.165, 1.54) is 0 Å². The summed E-state index contributed by atoms with van der Waals surface area (Å²) >= 11 is 0. The second-order valence-electron chi connectivity index (χ2n) is 8.52. The average Bonchev–Trinajstić information content (AvgIpc) is 3.13. The number of aryl methyl sites for hydroxylation is 1. The van der Waals surface area contributed by atoms with Crippen LogP contribution in [0, 0.1) is 0 Å². The molecular weight excluding hydrogens is 383 g/mol. The van der Waals surface area contributed by atoms with E-state index in [1.807, 2.05) is 26.8 Å². The minimum atomic E-state index is -4.49. The summed E-state index contributed by atoms with van der Waals surface area (Å²) in [7, 11) is 0. The molecule has 0 aliphatic heterocycles. The van der Waals surface area contributed by atoms with E-state index in [0.29, 0.717) is 17.9 Å². The van der Waals surface area contributed by atoms with Crippen LogP contribution in [0.3, 0.4) is 0 Å². The Morgan fingerprint density at radius 3 is 2.59 bits per heavy atom. The molecule has 1 aromatic carbocycles. The maximum absolute atomic E-state index is 13.0. The maximum atomic E-state index is 13.0. The number of nitrogens with one attached hydrogen (secondary N) is 2. The first-order valence-electron chi connectivity index (χ1n) is 9.88. The monoisotopic (exact) mass is 411 g/mol. The second kappa shape index (κ2) is 8.36. The first-order chi connectivity index (χ1) is 13.5. The number of hydrogen-bond acceptors (Lipinski definition) is 4. The normalized spacial score (nSPS) is 15.8. The topological polar surface area (TPSA) is 70.2 Å². The molecule has 160 valence electrons. The summed E-state index contributed by atoms with van der Waals surface area (Å²) in [4.78, 5) is 6.39. The molecule has 0 saturated heterocycles. The van der Waals surface area contributed by atoms with Gasteiger partial charge in [-0.25, -0.2) is 4.98 Å². The Kier molecular flexibility index (Phi) is 6.24. The molecule has 0 bridgehead atoms. The van der Waals surface area contributed by atoms with Crippen LogP contribution in [0.1, 0.15) is 50.4 Å². The predicted octanol–water partition coefficient (Wildman–Crippen LogP) is 4.10. The van der Waals surface area contributed by atoms with Crippen LogP contribution in [0.15, 0.2) is 18.3 Å². The van der Waals surface area contributed by atoms with Gasteiger partial charge in [0, 0.05) is 12.1 Å². The lowest BCUT2D eigenvalue weighted by Crippen LogP contribution is -2.42. The zero-order valence-electron chi connectivity index (χ0n) is 17.0. The zero-order chi connectivity index (χ0) is 21.2. The largest absolute Gasteiger partial charge is 0.490 e. The van der Waals surface area contributed by atoms with Crippen LogP contribution in [0.4, 0.5) is 13.2 Å². The van der Waals surface area contributed by atoms with E-state index in [2.05, 4.69) is 15.3 Å². The number of nitrogens with zero attached hydrogens (tertiary/aromatic N) is 1. The third kappa shape index (κ3) is 5.51. The minimum absolute atomic E-state index is 0.0295. The van der Waals surface area contributed by atoms with Crippen LogP contribution >= 0.6 is 0 Å². The third-order valence-corrected chi connectivity index (χ3v) is 4.91. The van der Waals surface area contributed by atoms with Gasteiger partial charge < -0.3 is 20.1 Å². The van der Waals surface area contributed by atoms with Gasteiger partial charge in [0.15, 0.2) is 0 Å². The number of aromatic amines is 1. The van der Waals surface area contributed by atoms with Crippen molar-refractivity contribution in [2.24, 2.45) is 0 Å². The molecule has 0 saturated carbocycles. The van der Waals surface area contributed by atoms with E-state index >= 15 is 0 Å². The van der Waals surface area contributed by atoms with Gasteiger partial charge in [-0.2, -0.15) is 13.2 Å². The number of aliphatic hydroxyl groups excluding tert-OH is 1. The predicted molar refractivity (Wildman–Crippen MR) is 105 cm³/mol. The highest BCUT2D eigenvalue weighted by molar-refractivity contribution is 5.71. The number of benzene rings is 1. The van der Waals surface area contributed by atoms with Crippen molar-refractivity contribution in [1.82, 2.24) is 15.3 Å². The molecule has 1 unspecified atom stereocenters. The number of imidazole rings is 1. The highest BCUT2D eigenvalue weighted by Crippen LogP contribution is 2.39. The molecule has 1 heterocycles. The van der Waals surface area contributed by atoms with Gasteiger partial charge in [-0.3, -0.25) is 0 Å². The van der Waals surface area contributed by atoms with Gasteiger partial charge in [0.25, 0.3) is 0 Å². The second-order valence-corrected chi connectivity index (χ2v) is 8.52. The van der Waals surface area contributed by atoms with E-state index in [-0.39, 0.29) is 18.0 Å². The number of β-amino-alcohol motifs (C(OH)–C–C–N with tert-alkyl or cyclic N) is 1. The van der Waals surface area contributed by atoms with Gasteiger partial charge >= 0.3 is 6.18 Å². The van der Waals surface area contributed by atoms with Crippen LogP contribution in [-0.4, -0.2) is 39.9 Å². The summed E-state index contributed by atoms with van der Waals surface area (Å²) in [5.41, 5.74) is 1.62. The lowest BCUT2D eigenvalue weighted by molar-refractivity contribution is -0.140. The molecule has 1 aliphatic carbocycles. The lowest BCUT2D eigenvalue weighted by atomic mass is 9.87. The summed E-state index contributed by atoms with van der Waals surface area (Å²) < 4.78 is 45.0. The molecule has 2 aromatic rings. The number of halogens is 3. The molecule has 3 rings (SSSR count). The molecule has 3 N–H and O–H groups in total. The number of aromatic nitrogens is 2. The number of aliphatic hydroxyl groups is 1. The third-order valence-electron chi connectivity index (χ3n) is 4.91. The Morgan fingerprint density at radius 2 is 1.93 bits per heavy atom. The maximum Gasteiger partial charge on any atom is 0.432 e. The zero-order valence-corrected chi connectivity index (χ0v) is 17.0. The molecular formula is C21H28F3N3O2. The Hall–Kier alpha value is -2.06. The fourth-order valence-electron chi connectivity index (χ4n) is 3.45. The number of rotatable bonds is 6. The molecule has 0 fully saturated rings. The highest BCUT2D eigenvalue weighted by atomic mass is 19.4. The molecule has 0 spiro atoms. The summed E-state index contributed by atoms with van der Waals surface area (Å²) in [6, 6.07) is 3.72. The van der Waals surface area contributed by atoms with E-state index in [4.69, 9.17) is 4.74 Å². The highest BCUT2D eigenvalue weighted by Gasteiger charge is 2.34. The summed E-state index contributed by atoms with van der Waals surface area (Å²) in [6.07, 6.45) is -0.768. The van der Waals surface area contributed by atoms with Crippen molar-refractivity contribution in [3.63, 3.8) is 0 Å². The number of ether oxygens (including phenoxy) is 1. The van der Waals surface area contributed by atoms with Crippen molar-refractivity contribution >= 4 is 0 Å². The van der Waals surface area contributed by atoms with E-state index in [1.54, 1.807) is 6.07 Å². The van der Waals surface area contributed by atoms with E-state index < -0.39 is 18.0 Å². The van der Waals surface area contributed by atoms with Crippen LogP contribution in [0.2, 0.25) is 0 Å². The molecule has 1 atom stereocenters. The molecule has 0 amide bonds. The van der Waals surface area contributed by atoms with Crippen molar-refractivity contribution < 1.29 is 23.0 Å². The van der Waals surface area contributed by atoms with Crippen molar-refractivity contribution in [2.75, 3.05) is 13.2 Å². The quantitative estimate of drug-likeness (QED) is 0.669. The van der Waals surface area contributed by atoms with Gasteiger partial charge in [0.1, 0.15) is 30.0 Å².